The summed E-state index contributed by atoms with van der Waals surface area (Å²) in [6.45, 7) is 2.50. The number of anilines is 1. The van der Waals surface area contributed by atoms with Gasteiger partial charge in [0.25, 0.3) is 0 Å². The van der Waals surface area contributed by atoms with Crippen LogP contribution in [0.5, 0.6) is 0 Å². The van der Waals surface area contributed by atoms with E-state index in [2.05, 4.69) is 10.2 Å². The number of nitrogens with one attached hydrogen (secondary N) is 1. The molecule has 1 aliphatic heterocycles. The molecule has 114 valence electrons. The number of thiocarbonyl (C=S) groups is 1. The molecule has 1 amide bonds. The van der Waals surface area contributed by atoms with Crippen molar-refractivity contribution in [1.82, 2.24) is 4.90 Å². The van der Waals surface area contributed by atoms with Gasteiger partial charge in [-0.2, -0.15) is 0 Å². The summed E-state index contributed by atoms with van der Waals surface area (Å²) in [5.74, 6) is -0.00202. The van der Waals surface area contributed by atoms with Crippen LogP contribution in [0.4, 0.5) is 5.69 Å². The van der Waals surface area contributed by atoms with Gasteiger partial charge in [-0.15, -0.1) is 0 Å². The molecule has 2 rings (SSSR count). The quantitative estimate of drug-likeness (QED) is 0.686. The lowest BCUT2D eigenvalue weighted by molar-refractivity contribution is -0.116. The Bertz CT molecular complexity index is 504. The van der Waals surface area contributed by atoms with Gasteiger partial charge in [-0.25, -0.2) is 0 Å². The number of benzene rings is 1. The SMILES string of the molecule is NC(=S)c1ccc(NC(=O)CCCN2CCC(O)C2)cc1. The van der Waals surface area contributed by atoms with Crippen molar-refractivity contribution in [2.45, 2.75) is 25.4 Å². The Morgan fingerprint density at radius 3 is 2.71 bits per heavy atom. The van der Waals surface area contributed by atoms with Crippen LogP contribution in [0, 0.1) is 0 Å². The van der Waals surface area contributed by atoms with Crippen molar-refractivity contribution in [3.05, 3.63) is 29.8 Å². The Kier molecular flexibility index (Phi) is 5.67. The van der Waals surface area contributed by atoms with Crippen molar-refractivity contribution < 1.29 is 9.90 Å². The first-order valence-electron chi connectivity index (χ1n) is 7.15. The van der Waals surface area contributed by atoms with Crippen LogP contribution < -0.4 is 11.1 Å². The number of carbonyl (C=O) groups is 1. The van der Waals surface area contributed by atoms with Crippen LogP contribution in [0.1, 0.15) is 24.8 Å². The van der Waals surface area contributed by atoms with Gasteiger partial charge >= 0.3 is 0 Å². The van der Waals surface area contributed by atoms with E-state index in [-0.39, 0.29) is 12.0 Å². The van der Waals surface area contributed by atoms with E-state index in [4.69, 9.17) is 18.0 Å². The van der Waals surface area contributed by atoms with Crippen LogP contribution in [0.3, 0.4) is 0 Å². The topological polar surface area (TPSA) is 78.6 Å². The highest BCUT2D eigenvalue weighted by Gasteiger charge is 2.19. The average Bonchev–Trinajstić information content (AvgIpc) is 2.85. The highest BCUT2D eigenvalue weighted by molar-refractivity contribution is 7.80. The second-order valence-electron chi connectivity index (χ2n) is 5.34. The van der Waals surface area contributed by atoms with E-state index in [1.165, 1.54) is 0 Å². The molecule has 0 bridgehead atoms. The summed E-state index contributed by atoms with van der Waals surface area (Å²) in [4.78, 5) is 14.4. The molecular formula is C15H21N3O2S. The standard InChI is InChI=1S/C15H21N3O2S/c16-15(21)11-3-5-12(6-4-11)17-14(20)2-1-8-18-9-7-13(19)10-18/h3-6,13,19H,1-2,7-10H2,(H2,16,21)(H,17,20). The number of likely N-dealkylation sites (tertiary alicyclic amines) is 1. The molecule has 1 aliphatic rings. The maximum atomic E-state index is 11.8. The van der Waals surface area contributed by atoms with Crippen LogP contribution in [-0.4, -0.2) is 46.6 Å². The molecule has 1 aromatic carbocycles. The number of nitrogens with two attached hydrogens (primary N) is 1. The predicted octanol–water partition coefficient (Wildman–Crippen LogP) is 1.11. The van der Waals surface area contributed by atoms with Gasteiger partial charge in [0.1, 0.15) is 4.99 Å². The largest absolute Gasteiger partial charge is 0.392 e. The third-order valence-electron chi connectivity index (χ3n) is 3.58. The number of carbonyl (C=O) groups excluding carboxylic acids is 1. The molecule has 1 atom stereocenters. The fourth-order valence-corrected chi connectivity index (χ4v) is 2.56. The molecule has 0 spiro atoms. The number of aliphatic hydroxyl groups excluding tert-OH is 1. The number of hydrogen-bond donors (Lipinski definition) is 3. The van der Waals surface area contributed by atoms with Gasteiger partial charge in [0.15, 0.2) is 0 Å². The molecular weight excluding hydrogens is 286 g/mol. The highest BCUT2D eigenvalue weighted by atomic mass is 32.1. The Balaban J connectivity index is 1.70. The van der Waals surface area contributed by atoms with Crippen molar-refractivity contribution >= 4 is 28.8 Å². The smallest absolute Gasteiger partial charge is 0.224 e. The first kappa shape index (κ1) is 15.9. The van der Waals surface area contributed by atoms with E-state index >= 15 is 0 Å². The fraction of sp³-hybridized carbons (Fsp3) is 0.467. The number of rotatable bonds is 6. The molecule has 4 N–H and O–H groups in total. The van der Waals surface area contributed by atoms with Crippen molar-refractivity contribution in [1.29, 1.82) is 0 Å². The molecule has 1 aromatic rings. The average molecular weight is 307 g/mol. The van der Waals surface area contributed by atoms with Crippen molar-refractivity contribution in [2.75, 3.05) is 25.0 Å². The summed E-state index contributed by atoms with van der Waals surface area (Å²) in [5.41, 5.74) is 7.06. The molecule has 5 nitrogen and oxygen atoms in total. The zero-order chi connectivity index (χ0) is 15.2. The molecule has 1 heterocycles. The zero-order valence-corrected chi connectivity index (χ0v) is 12.7. The lowest BCUT2D eigenvalue weighted by atomic mass is 10.2. The molecule has 1 saturated heterocycles. The normalized spacial score (nSPS) is 18.6. The third kappa shape index (κ3) is 5.08. The molecule has 21 heavy (non-hydrogen) atoms. The van der Waals surface area contributed by atoms with Crippen LogP contribution in [-0.2, 0) is 4.79 Å². The molecule has 1 unspecified atom stereocenters. The second-order valence-corrected chi connectivity index (χ2v) is 5.78. The maximum absolute atomic E-state index is 11.8. The number of aliphatic hydroxyl groups is 1. The van der Waals surface area contributed by atoms with Crippen molar-refractivity contribution in [2.24, 2.45) is 5.73 Å². The second kappa shape index (κ2) is 7.49. The third-order valence-corrected chi connectivity index (χ3v) is 3.81. The number of β-amino-alcohol motifs (C(OH)–C–C–N with tert-alkyl or cyclic N) is 1. The Hall–Kier alpha value is -1.50. The van der Waals surface area contributed by atoms with E-state index < -0.39 is 0 Å². The molecule has 6 heteroatoms. The lowest BCUT2D eigenvalue weighted by Gasteiger charge is -2.14. The summed E-state index contributed by atoms with van der Waals surface area (Å²) in [5, 5.41) is 12.3. The number of amides is 1. The number of nitrogens with zero attached hydrogens (tertiary/aromatic N) is 1. The minimum absolute atomic E-state index is 0.00202. The first-order chi connectivity index (χ1) is 10.0. The summed E-state index contributed by atoms with van der Waals surface area (Å²) in [7, 11) is 0. The summed E-state index contributed by atoms with van der Waals surface area (Å²) in [6, 6.07) is 7.18. The van der Waals surface area contributed by atoms with Crippen LogP contribution in [0.2, 0.25) is 0 Å². The monoisotopic (exact) mass is 307 g/mol. The fourth-order valence-electron chi connectivity index (χ4n) is 2.42. The van der Waals surface area contributed by atoms with Crippen LogP contribution >= 0.6 is 12.2 Å². The van der Waals surface area contributed by atoms with Crippen molar-refractivity contribution in [3.8, 4) is 0 Å². The molecule has 0 aromatic heterocycles. The van der Waals surface area contributed by atoms with Crippen molar-refractivity contribution in [3.63, 3.8) is 0 Å². The molecule has 1 fully saturated rings. The van der Waals surface area contributed by atoms with Crippen LogP contribution in [0.15, 0.2) is 24.3 Å². The molecule has 0 aliphatic carbocycles. The van der Waals surface area contributed by atoms with E-state index in [1.807, 2.05) is 0 Å². The van der Waals surface area contributed by atoms with Gasteiger partial charge in [-0.3, -0.25) is 4.79 Å². The highest BCUT2D eigenvalue weighted by Crippen LogP contribution is 2.12. The Morgan fingerprint density at radius 2 is 2.14 bits per heavy atom. The van der Waals surface area contributed by atoms with Gasteiger partial charge < -0.3 is 21.1 Å². The maximum Gasteiger partial charge on any atom is 0.224 e. The zero-order valence-electron chi connectivity index (χ0n) is 11.9. The van der Waals surface area contributed by atoms with E-state index in [0.717, 1.165) is 43.7 Å². The van der Waals surface area contributed by atoms with Gasteiger partial charge in [-0.05, 0) is 43.7 Å². The van der Waals surface area contributed by atoms with E-state index in [0.29, 0.717) is 11.4 Å². The summed E-state index contributed by atoms with van der Waals surface area (Å²) < 4.78 is 0. The predicted molar refractivity (Wildman–Crippen MR) is 87.3 cm³/mol. The minimum Gasteiger partial charge on any atom is -0.392 e. The lowest BCUT2D eigenvalue weighted by Crippen LogP contribution is -2.24. The molecule has 0 saturated carbocycles. The van der Waals surface area contributed by atoms with Crippen LogP contribution in [0.25, 0.3) is 0 Å². The Morgan fingerprint density at radius 1 is 1.43 bits per heavy atom. The Labute approximate surface area is 130 Å². The van der Waals surface area contributed by atoms with Gasteiger partial charge in [0.05, 0.1) is 6.10 Å². The van der Waals surface area contributed by atoms with Gasteiger partial charge in [0.2, 0.25) is 5.91 Å². The first-order valence-corrected chi connectivity index (χ1v) is 7.55. The van der Waals surface area contributed by atoms with Gasteiger partial charge in [-0.1, -0.05) is 12.2 Å². The van der Waals surface area contributed by atoms with Gasteiger partial charge in [0, 0.05) is 30.8 Å². The summed E-state index contributed by atoms with van der Waals surface area (Å²) >= 11 is 4.88. The summed E-state index contributed by atoms with van der Waals surface area (Å²) in [6.07, 6.45) is 1.90. The van der Waals surface area contributed by atoms with E-state index in [1.54, 1.807) is 24.3 Å². The molecule has 0 radical (unpaired) electrons. The minimum atomic E-state index is -0.203. The van der Waals surface area contributed by atoms with E-state index in [9.17, 15) is 9.90 Å². The number of hydrogen-bond acceptors (Lipinski definition) is 4.